The van der Waals surface area contributed by atoms with Gasteiger partial charge in [0.05, 0.1) is 12.2 Å². The van der Waals surface area contributed by atoms with Gasteiger partial charge in [-0.1, -0.05) is 0 Å². The van der Waals surface area contributed by atoms with Crippen LogP contribution in [0.25, 0.3) is 0 Å². The maximum atomic E-state index is 12.0. The summed E-state index contributed by atoms with van der Waals surface area (Å²) in [5.41, 5.74) is 6.43. The van der Waals surface area contributed by atoms with Gasteiger partial charge in [0.2, 0.25) is 0 Å². The van der Waals surface area contributed by atoms with E-state index in [1.807, 2.05) is 26.1 Å². The van der Waals surface area contributed by atoms with Crippen LogP contribution in [-0.4, -0.2) is 31.5 Å². The summed E-state index contributed by atoms with van der Waals surface area (Å²) in [6.07, 6.45) is 5.21. The summed E-state index contributed by atoms with van der Waals surface area (Å²) in [5.74, 6) is -0.260. The van der Waals surface area contributed by atoms with Crippen LogP contribution in [0.2, 0.25) is 0 Å². The van der Waals surface area contributed by atoms with Crippen LogP contribution in [0.15, 0.2) is 24.7 Å². The van der Waals surface area contributed by atoms with E-state index in [4.69, 9.17) is 5.73 Å². The lowest BCUT2D eigenvalue weighted by molar-refractivity contribution is 0.0931. The number of amides is 1. The molecule has 0 bridgehead atoms. The molecular formula is C12H18N6O. The van der Waals surface area contributed by atoms with Crippen molar-refractivity contribution < 1.29 is 4.79 Å². The van der Waals surface area contributed by atoms with Crippen molar-refractivity contribution in [1.82, 2.24) is 24.9 Å². The molecule has 102 valence electrons. The molecule has 2 aromatic rings. The number of nitrogens with two attached hydrogens (primary N) is 1. The van der Waals surface area contributed by atoms with E-state index in [-0.39, 0.29) is 17.6 Å². The molecule has 0 aromatic carbocycles. The Kier molecular flexibility index (Phi) is 3.84. The molecule has 0 spiro atoms. The van der Waals surface area contributed by atoms with Crippen LogP contribution in [0, 0.1) is 0 Å². The molecule has 0 aliphatic carbocycles. The average molecular weight is 262 g/mol. The molecule has 1 amide bonds. The Morgan fingerprint density at radius 1 is 1.53 bits per heavy atom. The van der Waals surface area contributed by atoms with Crippen LogP contribution >= 0.6 is 0 Å². The highest BCUT2D eigenvalue weighted by atomic mass is 16.2. The molecule has 7 heteroatoms. The molecular weight excluding hydrogens is 244 g/mol. The van der Waals surface area contributed by atoms with E-state index < -0.39 is 0 Å². The minimum Gasteiger partial charge on any atom is -0.396 e. The Morgan fingerprint density at radius 2 is 2.32 bits per heavy atom. The number of aromatic nitrogens is 4. The molecule has 0 aliphatic heterocycles. The van der Waals surface area contributed by atoms with Gasteiger partial charge < -0.3 is 11.1 Å². The van der Waals surface area contributed by atoms with Crippen LogP contribution in [0.1, 0.15) is 24.3 Å². The molecule has 0 fully saturated rings. The Labute approximate surface area is 111 Å². The van der Waals surface area contributed by atoms with Crippen molar-refractivity contribution in [2.75, 3.05) is 5.73 Å². The van der Waals surface area contributed by atoms with Crippen LogP contribution in [0.4, 0.5) is 5.69 Å². The summed E-state index contributed by atoms with van der Waals surface area (Å²) in [5, 5.41) is 11.1. The van der Waals surface area contributed by atoms with Crippen molar-refractivity contribution in [1.29, 1.82) is 0 Å². The third-order valence-electron chi connectivity index (χ3n) is 2.73. The van der Waals surface area contributed by atoms with E-state index in [0.29, 0.717) is 18.8 Å². The van der Waals surface area contributed by atoms with Crippen molar-refractivity contribution in [2.24, 2.45) is 0 Å². The summed E-state index contributed by atoms with van der Waals surface area (Å²) in [7, 11) is 0. The number of nitrogen functional groups attached to an aromatic ring is 1. The summed E-state index contributed by atoms with van der Waals surface area (Å²) in [4.78, 5) is 12.0. The molecule has 0 saturated carbocycles. The van der Waals surface area contributed by atoms with Gasteiger partial charge in [-0.25, -0.2) is 0 Å². The number of carbonyl (C=O) groups excluding carboxylic acids is 1. The van der Waals surface area contributed by atoms with Gasteiger partial charge in [-0.3, -0.25) is 14.2 Å². The highest BCUT2D eigenvalue weighted by Gasteiger charge is 2.16. The summed E-state index contributed by atoms with van der Waals surface area (Å²) >= 11 is 0. The third kappa shape index (κ3) is 3.12. The fourth-order valence-corrected chi connectivity index (χ4v) is 1.80. The van der Waals surface area contributed by atoms with Gasteiger partial charge in [0.15, 0.2) is 5.69 Å². The molecule has 2 aromatic heterocycles. The Hall–Kier alpha value is -2.31. The van der Waals surface area contributed by atoms with Crippen molar-refractivity contribution in [2.45, 2.75) is 33.0 Å². The molecule has 7 nitrogen and oxygen atoms in total. The van der Waals surface area contributed by atoms with Crippen LogP contribution in [0.5, 0.6) is 0 Å². The second-order valence-electron chi connectivity index (χ2n) is 4.39. The molecule has 1 atom stereocenters. The lowest BCUT2D eigenvalue weighted by Gasteiger charge is -2.13. The lowest BCUT2D eigenvalue weighted by Crippen LogP contribution is -2.36. The molecule has 0 aliphatic rings. The van der Waals surface area contributed by atoms with Gasteiger partial charge in [-0.15, -0.1) is 0 Å². The van der Waals surface area contributed by atoms with Crippen LogP contribution in [0.3, 0.4) is 0 Å². The van der Waals surface area contributed by atoms with Crippen LogP contribution < -0.4 is 11.1 Å². The Balaban J connectivity index is 1.98. The van der Waals surface area contributed by atoms with E-state index in [1.54, 1.807) is 21.8 Å². The number of nitrogens with zero attached hydrogens (tertiary/aromatic N) is 4. The molecule has 0 saturated heterocycles. The number of carbonyl (C=O) groups is 1. The Bertz CT molecular complexity index is 545. The van der Waals surface area contributed by atoms with E-state index in [2.05, 4.69) is 15.5 Å². The molecule has 2 heterocycles. The van der Waals surface area contributed by atoms with Gasteiger partial charge in [-0.2, -0.15) is 10.2 Å². The fourth-order valence-electron chi connectivity index (χ4n) is 1.80. The number of rotatable bonds is 5. The number of hydrogen-bond donors (Lipinski definition) is 2. The first-order chi connectivity index (χ1) is 9.10. The highest BCUT2D eigenvalue weighted by Crippen LogP contribution is 2.09. The number of anilines is 1. The van der Waals surface area contributed by atoms with Crippen LogP contribution in [-0.2, 0) is 13.1 Å². The smallest absolute Gasteiger partial charge is 0.274 e. The minimum absolute atomic E-state index is 0.0569. The summed E-state index contributed by atoms with van der Waals surface area (Å²) in [6, 6.07) is 1.79. The standard InChI is InChI=1S/C12H18N6O/c1-3-17-8-10(13)11(16-17)12(19)15-9(2)7-18-6-4-5-14-18/h4-6,8-9H,3,7,13H2,1-2H3,(H,15,19). The second-order valence-corrected chi connectivity index (χ2v) is 4.39. The van der Waals surface area contributed by atoms with Crippen molar-refractivity contribution in [3.8, 4) is 0 Å². The molecule has 2 rings (SSSR count). The van der Waals surface area contributed by atoms with Gasteiger partial charge in [0.1, 0.15) is 0 Å². The first-order valence-corrected chi connectivity index (χ1v) is 6.21. The fraction of sp³-hybridized carbons (Fsp3) is 0.417. The molecule has 0 radical (unpaired) electrons. The van der Waals surface area contributed by atoms with Gasteiger partial charge in [0.25, 0.3) is 5.91 Å². The summed E-state index contributed by atoms with van der Waals surface area (Å²) in [6.45, 7) is 5.13. The number of hydrogen-bond acceptors (Lipinski definition) is 4. The number of nitrogens with one attached hydrogen (secondary N) is 1. The van der Waals surface area contributed by atoms with Crippen molar-refractivity contribution in [3.05, 3.63) is 30.4 Å². The van der Waals surface area contributed by atoms with Crippen molar-refractivity contribution in [3.63, 3.8) is 0 Å². The van der Waals surface area contributed by atoms with E-state index in [1.165, 1.54) is 0 Å². The predicted octanol–water partition coefficient (Wildman–Crippen LogP) is 0.500. The molecule has 3 N–H and O–H groups in total. The molecule has 1 unspecified atom stereocenters. The monoisotopic (exact) mass is 262 g/mol. The van der Waals surface area contributed by atoms with E-state index in [0.717, 1.165) is 0 Å². The van der Waals surface area contributed by atoms with Gasteiger partial charge in [0, 0.05) is 31.2 Å². The minimum atomic E-state index is -0.260. The number of aryl methyl sites for hydroxylation is 1. The van der Waals surface area contributed by atoms with E-state index in [9.17, 15) is 4.79 Å². The topological polar surface area (TPSA) is 90.8 Å². The maximum Gasteiger partial charge on any atom is 0.274 e. The normalized spacial score (nSPS) is 12.3. The van der Waals surface area contributed by atoms with E-state index >= 15 is 0 Å². The maximum absolute atomic E-state index is 12.0. The quantitative estimate of drug-likeness (QED) is 0.821. The predicted molar refractivity (Wildman–Crippen MR) is 71.5 cm³/mol. The zero-order chi connectivity index (χ0) is 13.8. The zero-order valence-corrected chi connectivity index (χ0v) is 11.1. The first kappa shape index (κ1) is 13.1. The Morgan fingerprint density at radius 3 is 2.89 bits per heavy atom. The van der Waals surface area contributed by atoms with Gasteiger partial charge in [-0.05, 0) is 19.9 Å². The zero-order valence-electron chi connectivity index (χ0n) is 11.1. The average Bonchev–Trinajstić information content (AvgIpc) is 2.98. The van der Waals surface area contributed by atoms with Gasteiger partial charge >= 0.3 is 0 Å². The third-order valence-corrected chi connectivity index (χ3v) is 2.73. The van der Waals surface area contributed by atoms with Crippen molar-refractivity contribution >= 4 is 11.6 Å². The summed E-state index contributed by atoms with van der Waals surface area (Å²) < 4.78 is 3.40. The molecule has 19 heavy (non-hydrogen) atoms. The highest BCUT2D eigenvalue weighted by molar-refractivity contribution is 5.97. The SMILES string of the molecule is CCn1cc(N)c(C(=O)NC(C)Cn2cccn2)n1. The second kappa shape index (κ2) is 5.55. The first-order valence-electron chi connectivity index (χ1n) is 6.21. The largest absolute Gasteiger partial charge is 0.396 e. The lowest BCUT2D eigenvalue weighted by atomic mass is 10.3.